The Kier molecular flexibility index (Phi) is 8.00. The molecule has 3 aromatic rings. The number of carbonyl (C=O) groups excluding carboxylic acids is 1. The molecule has 0 saturated carbocycles. The molecule has 0 bridgehead atoms. The standard InChI is InChI=1S/C25H22Cl2F3NO3/c1-14(2)20(15-3-6-17(26)7-4-15)13-34-23-10-5-16(25(28,29)30)11-21(23)31-24(33)19-12-18(27)8-9-22(19)32/h3-12,14,20,32H,13H2,1-2H3,(H,31,33). The number of rotatable bonds is 7. The minimum Gasteiger partial charge on any atom is -0.507 e. The fourth-order valence-electron chi connectivity index (χ4n) is 3.37. The Hall–Kier alpha value is -2.90. The molecule has 180 valence electrons. The summed E-state index contributed by atoms with van der Waals surface area (Å²) in [5, 5.41) is 13.2. The van der Waals surface area contributed by atoms with Crippen molar-refractivity contribution in [1.29, 1.82) is 0 Å². The molecule has 3 rings (SSSR count). The van der Waals surface area contributed by atoms with Crippen molar-refractivity contribution in [3.63, 3.8) is 0 Å². The Labute approximate surface area is 205 Å². The molecule has 1 atom stereocenters. The van der Waals surface area contributed by atoms with E-state index in [9.17, 15) is 23.1 Å². The lowest BCUT2D eigenvalue weighted by Crippen LogP contribution is -2.18. The predicted molar refractivity (Wildman–Crippen MR) is 127 cm³/mol. The molecule has 1 unspecified atom stereocenters. The molecule has 2 N–H and O–H groups in total. The van der Waals surface area contributed by atoms with Gasteiger partial charge in [-0.15, -0.1) is 0 Å². The van der Waals surface area contributed by atoms with Crippen LogP contribution < -0.4 is 10.1 Å². The second kappa shape index (κ2) is 10.6. The molecule has 1 amide bonds. The van der Waals surface area contributed by atoms with Crippen molar-refractivity contribution < 1.29 is 27.8 Å². The van der Waals surface area contributed by atoms with Crippen molar-refractivity contribution in [2.24, 2.45) is 5.92 Å². The van der Waals surface area contributed by atoms with Gasteiger partial charge in [0.25, 0.3) is 5.91 Å². The highest BCUT2D eigenvalue weighted by molar-refractivity contribution is 6.31. The monoisotopic (exact) mass is 511 g/mol. The molecule has 0 saturated heterocycles. The molecule has 0 heterocycles. The molecule has 0 aliphatic heterocycles. The molecule has 9 heteroatoms. The van der Waals surface area contributed by atoms with Crippen molar-refractivity contribution in [3.8, 4) is 11.5 Å². The van der Waals surface area contributed by atoms with Gasteiger partial charge in [-0.3, -0.25) is 4.79 Å². The van der Waals surface area contributed by atoms with Gasteiger partial charge in [-0.25, -0.2) is 0 Å². The van der Waals surface area contributed by atoms with Crippen LogP contribution in [0, 0.1) is 5.92 Å². The van der Waals surface area contributed by atoms with Gasteiger partial charge in [0.1, 0.15) is 11.5 Å². The van der Waals surface area contributed by atoms with Crippen molar-refractivity contribution in [3.05, 3.63) is 87.4 Å². The van der Waals surface area contributed by atoms with Crippen LogP contribution >= 0.6 is 23.2 Å². The van der Waals surface area contributed by atoms with Gasteiger partial charge in [-0.1, -0.05) is 49.2 Å². The summed E-state index contributed by atoms with van der Waals surface area (Å²) in [6, 6.07) is 13.9. The summed E-state index contributed by atoms with van der Waals surface area (Å²) in [6.07, 6.45) is -4.63. The molecule has 0 aliphatic rings. The van der Waals surface area contributed by atoms with Gasteiger partial charge in [-0.05, 0) is 60.0 Å². The number of hydrogen-bond donors (Lipinski definition) is 2. The number of nitrogens with one attached hydrogen (secondary N) is 1. The van der Waals surface area contributed by atoms with Crippen LogP contribution in [-0.4, -0.2) is 17.6 Å². The van der Waals surface area contributed by atoms with Crippen LogP contribution in [0.15, 0.2) is 60.7 Å². The molecular weight excluding hydrogens is 490 g/mol. The van der Waals surface area contributed by atoms with Crippen molar-refractivity contribution in [2.45, 2.75) is 25.9 Å². The number of carbonyl (C=O) groups is 1. The Bertz CT molecular complexity index is 1170. The van der Waals surface area contributed by atoms with Crippen LogP contribution in [0.2, 0.25) is 10.0 Å². The summed E-state index contributed by atoms with van der Waals surface area (Å²) in [5.74, 6) is -1.07. The third-order valence-electron chi connectivity index (χ3n) is 5.28. The van der Waals surface area contributed by atoms with E-state index in [-0.39, 0.29) is 46.2 Å². The van der Waals surface area contributed by atoms with Gasteiger partial charge < -0.3 is 15.2 Å². The average molecular weight is 512 g/mol. The first kappa shape index (κ1) is 25.7. The average Bonchev–Trinajstić information content (AvgIpc) is 2.76. The number of phenols is 1. The quantitative estimate of drug-likeness (QED) is 0.340. The maximum absolute atomic E-state index is 13.3. The number of hydrogen-bond acceptors (Lipinski definition) is 3. The summed E-state index contributed by atoms with van der Waals surface area (Å²) in [6.45, 7) is 4.15. The topological polar surface area (TPSA) is 58.6 Å². The second-order valence-electron chi connectivity index (χ2n) is 8.04. The number of alkyl halides is 3. The highest BCUT2D eigenvalue weighted by Gasteiger charge is 2.32. The minimum atomic E-state index is -4.63. The van der Waals surface area contributed by atoms with E-state index in [2.05, 4.69) is 5.32 Å². The first-order chi connectivity index (χ1) is 16.0. The highest BCUT2D eigenvalue weighted by atomic mass is 35.5. The third kappa shape index (κ3) is 6.36. The second-order valence-corrected chi connectivity index (χ2v) is 8.91. The van der Waals surface area contributed by atoms with Gasteiger partial charge in [-0.2, -0.15) is 13.2 Å². The summed E-state index contributed by atoms with van der Waals surface area (Å²) in [4.78, 5) is 12.7. The van der Waals surface area contributed by atoms with Crippen LogP contribution in [0.3, 0.4) is 0 Å². The summed E-state index contributed by atoms with van der Waals surface area (Å²) in [5.41, 5.74) is -0.362. The Morgan fingerprint density at radius 2 is 1.65 bits per heavy atom. The maximum Gasteiger partial charge on any atom is 0.416 e. The summed E-state index contributed by atoms with van der Waals surface area (Å²) in [7, 11) is 0. The van der Waals surface area contributed by atoms with E-state index in [4.69, 9.17) is 27.9 Å². The zero-order valence-electron chi connectivity index (χ0n) is 18.3. The SMILES string of the molecule is CC(C)C(COc1ccc(C(F)(F)F)cc1NC(=O)c1cc(Cl)ccc1O)c1ccc(Cl)cc1. The fourth-order valence-corrected chi connectivity index (χ4v) is 3.67. The zero-order valence-corrected chi connectivity index (χ0v) is 19.8. The lowest BCUT2D eigenvalue weighted by Gasteiger charge is -2.23. The van der Waals surface area contributed by atoms with E-state index in [1.807, 2.05) is 26.0 Å². The molecule has 0 spiro atoms. The predicted octanol–water partition coefficient (Wildman–Crippen LogP) is 7.79. The molecule has 3 aromatic carbocycles. The fraction of sp³-hybridized carbons (Fsp3) is 0.240. The van der Waals surface area contributed by atoms with Crippen LogP contribution in [0.25, 0.3) is 0 Å². The van der Waals surface area contributed by atoms with Crippen molar-refractivity contribution >= 4 is 34.8 Å². The molecule has 0 aliphatic carbocycles. The maximum atomic E-state index is 13.3. The van der Waals surface area contributed by atoms with E-state index in [1.165, 1.54) is 18.2 Å². The Balaban J connectivity index is 1.91. The normalized spacial score (nSPS) is 12.5. The number of aromatic hydroxyl groups is 1. The molecule has 0 radical (unpaired) electrons. The van der Waals surface area contributed by atoms with E-state index >= 15 is 0 Å². The number of amides is 1. The van der Waals surface area contributed by atoms with Gasteiger partial charge >= 0.3 is 6.18 Å². The molecule has 0 fully saturated rings. The number of anilines is 1. The molecule has 34 heavy (non-hydrogen) atoms. The Morgan fingerprint density at radius 1 is 1.00 bits per heavy atom. The molecule has 0 aromatic heterocycles. The van der Waals surface area contributed by atoms with E-state index in [0.717, 1.165) is 23.8 Å². The first-order valence-corrected chi connectivity index (χ1v) is 11.1. The van der Waals surface area contributed by atoms with Gasteiger partial charge in [0.15, 0.2) is 0 Å². The smallest absolute Gasteiger partial charge is 0.416 e. The largest absolute Gasteiger partial charge is 0.507 e. The van der Waals surface area contributed by atoms with Crippen LogP contribution in [0.4, 0.5) is 18.9 Å². The molecule has 4 nitrogen and oxygen atoms in total. The van der Waals surface area contributed by atoms with Crippen LogP contribution in [0.5, 0.6) is 11.5 Å². The number of halogens is 5. The summed E-state index contributed by atoms with van der Waals surface area (Å²) < 4.78 is 45.9. The van der Waals surface area contributed by atoms with Crippen molar-refractivity contribution in [1.82, 2.24) is 0 Å². The summed E-state index contributed by atoms with van der Waals surface area (Å²) >= 11 is 11.9. The first-order valence-electron chi connectivity index (χ1n) is 10.3. The lowest BCUT2D eigenvalue weighted by molar-refractivity contribution is -0.137. The van der Waals surface area contributed by atoms with Gasteiger partial charge in [0.05, 0.1) is 23.4 Å². The number of phenolic OH excluding ortho intramolecular Hbond substituents is 1. The lowest BCUT2D eigenvalue weighted by atomic mass is 9.89. The van der Waals surface area contributed by atoms with Crippen LogP contribution in [-0.2, 0) is 6.18 Å². The number of ether oxygens (including phenoxy) is 1. The van der Waals surface area contributed by atoms with Crippen molar-refractivity contribution in [2.75, 3.05) is 11.9 Å². The minimum absolute atomic E-state index is 0.0579. The Morgan fingerprint density at radius 3 is 2.26 bits per heavy atom. The van der Waals surface area contributed by atoms with E-state index in [0.29, 0.717) is 5.02 Å². The van der Waals surface area contributed by atoms with Crippen LogP contribution in [0.1, 0.15) is 41.3 Å². The third-order valence-corrected chi connectivity index (χ3v) is 5.77. The van der Waals surface area contributed by atoms with Gasteiger partial charge in [0.2, 0.25) is 0 Å². The highest BCUT2D eigenvalue weighted by Crippen LogP contribution is 2.37. The zero-order chi connectivity index (χ0) is 25.0. The number of benzene rings is 3. The van der Waals surface area contributed by atoms with E-state index < -0.39 is 17.6 Å². The van der Waals surface area contributed by atoms with Gasteiger partial charge in [0, 0.05) is 16.0 Å². The van der Waals surface area contributed by atoms with E-state index in [1.54, 1.807) is 12.1 Å². The molecular formula is C25H22Cl2F3NO3.